The van der Waals surface area contributed by atoms with Gasteiger partial charge in [-0.3, -0.25) is 4.98 Å². The molecule has 3 nitrogen and oxygen atoms in total. The number of benzene rings is 1. The van der Waals surface area contributed by atoms with Gasteiger partial charge in [0.1, 0.15) is 12.4 Å². The maximum atomic E-state index is 5.99. The van der Waals surface area contributed by atoms with Gasteiger partial charge in [-0.2, -0.15) is 0 Å². The third-order valence-electron chi connectivity index (χ3n) is 3.91. The summed E-state index contributed by atoms with van der Waals surface area (Å²) in [7, 11) is 2.03. The van der Waals surface area contributed by atoms with Crippen molar-refractivity contribution in [2.24, 2.45) is 0 Å². The van der Waals surface area contributed by atoms with E-state index in [0.29, 0.717) is 12.6 Å². The SMILES string of the molecule is CNC1CCCc2c(OCc3ccccn3)cccc21. The van der Waals surface area contributed by atoms with E-state index in [9.17, 15) is 0 Å². The molecule has 2 aromatic rings. The van der Waals surface area contributed by atoms with E-state index in [1.165, 1.54) is 24.0 Å². The van der Waals surface area contributed by atoms with Gasteiger partial charge in [-0.1, -0.05) is 18.2 Å². The second kappa shape index (κ2) is 6.06. The lowest BCUT2D eigenvalue weighted by Crippen LogP contribution is -2.22. The average Bonchev–Trinajstić information content (AvgIpc) is 2.53. The molecular weight excluding hydrogens is 248 g/mol. The summed E-state index contributed by atoms with van der Waals surface area (Å²) in [5, 5.41) is 3.39. The van der Waals surface area contributed by atoms with Crippen LogP contribution in [0.2, 0.25) is 0 Å². The van der Waals surface area contributed by atoms with Gasteiger partial charge in [0.25, 0.3) is 0 Å². The lowest BCUT2D eigenvalue weighted by atomic mass is 9.87. The summed E-state index contributed by atoms with van der Waals surface area (Å²) in [5.74, 6) is 1.01. The predicted octanol–water partition coefficient (Wildman–Crippen LogP) is 3.26. The Morgan fingerprint density at radius 1 is 1.25 bits per heavy atom. The van der Waals surface area contributed by atoms with Crippen molar-refractivity contribution >= 4 is 0 Å². The molecule has 0 fully saturated rings. The van der Waals surface area contributed by atoms with E-state index >= 15 is 0 Å². The van der Waals surface area contributed by atoms with Crippen LogP contribution in [0.4, 0.5) is 0 Å². The number of nitrogens with one attached hydrogen (secondary N) is 1. The highest BCUT2D eigenvalue weighted by Gasteiger charge is 2.21. The molecule has 1 N–H and O–H groups in total. The van der Waals surface area contributed by atoms with E-state index in [-0.39, 0.29) is 0 Å². The molecule has 1 aromatic heterocycles. The van der Waals surface area contributed by atoms with E-state index in [0.717, 1.165) is 17.9 Å². The lowest BCUT2D eigenvalue weighted by molar-refractivity contribution is 0.295. The van der Waals surface area contributed by atoms with Crippen LogP contribution in [-0.4, -0.2) is 12.0 Å². The fraction of sp³-hybridized carbons (Fsp3) is 0.353. The Hall–Kier alpha value is -1.87. The number of rotatable bonds is 4. The molecule has 0 spiro atoms. The molecular formula is C17H20N2O. The topological polar surface area (TPSA) is 34.1 Å². The van der Waals surface area contributed by atoms with Crippen molar-refractivity contribution in [1.82, 2.24) is 10.3 Å². The van der Waals surface area contributed by atoms with Crippen molar-refractivity contribution in [3.63, 3.8) is 0 Å². The summed E-state index contributed by atoms with van der Waals surface area (Å²) < 4.78 is 5.99. The molecule has 3 heteroatoms. The van der Waals surface area contributed by atoms with Crippen molar-refractivity contribution < 1.29 is 4.74 Å². The number of hydrogen-bond acceptors (Lipinski definition) is 3. The number of nitrogens with zero attached hydrogens (tertiary/aromatic N) is 1. The summed E-state index contributed by atoms with van der Waals surface area (Å²) in [6, 6.07) is 12.7. The van der Waals surface area contributed by atoms with Gasteiger partial charge in [-0.15, -0.1) is 0 Å². The fourth-order valence-corrected chi connectivity index (χ4v) is 2.89. The molecule has 0 saturated carbocycles. The van der Waals surface area contributed by atoms with Gasteiger partial charge in [-0.25, -0.2) is 0 Å². The Balaban J connectivity index is 1.80. The first-order valence-corrected chi connectivity index (χ1v) is 7.20. The summed E-state index contributed by atoms with van der Waals surface area (Å²) in [4.78, 5) is 4.30. The number of pyridine rings is 1. The van der Waals surface area contributed by atoms with Crippen molar-refractivity contribution in [3.05, 3.63) is 59.4 Å². The van der Waals surface area contributed by atoms with Crippen LogP contribution >= 0.6 is 0 Å². The minimum Gasteiger partial charge on any atom is -0.487 e. The van der Waals surface area contributed by atoms with Crippen LogP contribution < -0.4 is 10.1 Å². The lowest BCUT2D eigenvalue weighted by Gasteiger charge is -2.26. The Morgan fingerprint density at radius 2 is 2.20 bits per heavy atom. The highest BCUT2D eigenvalue weighted by Crippen LogP contribution is 2.35. The summed E-state index contributed by atoms with van der Waals surface area (Å²) >= 11 is 0. The summed E-state index contributed by atoms with van der Waals surface area (Å²) in [5.41, 5.74) is 3.71. The molecule has 0 aliphatic heterocycles. The second-order valence-corrected chi connectivity index (χ2v) is 5.17. The highest BCUT2D eigenvalue weighted by molar-refractivity contribution is 5.43. The third kappa shape index (κ3) is 2.68. The molecule has 20 heavy (non-hydrogen) atoms. The number of ether oxygens (including phenoxy) is 1. The quantitative estimate of drug-likeness (QED) is 0.924. The summed E-state index contributed by atoms with van der Waals surface area (Å²) in [6.07, 6.45) is 5.32. The number of aromatic nitrogens is 1. The molecule has 0 amide bonds. The Labute approximate surface area is 120 Å². The van der Waals surface area contributed by atoms with Gasteiger partial charge >= 0.3 is 0 Å². The van der Waals surface area contributed by atoms with E-state index in [1.54, 1.807) is 6.20 Å². The maximum absolute atomic E-state index is 5.99. The number of hydrogen-bond donors (Lipinski definition) is 1. The molecule has 104 valence electrons. The standard InChI is InChI=1S/C17H20N2O/c1-18-16-9-4-8-15-14(16)7-5-10-17(15)20-12-13-6-2-3-11-19-13/h2-3,5-7,10-11,16,18H,4,8-9,12H2,1H3. The zero-order valence-corrected chi connectivity index (χ0v) is 11.8. The zero-order valence-electron chi connectivity index (χ0n) is 11.8. The second-order valence-electron chi connectivity index (χ2n) is 5.17. The van der Waals surface area contributed by atoms with Crippen molar-refractivity contribution in [2.75, 3.05) is 7.05 Å². The molecule has 1 aliphatic rings. The van der Waals surface area contributed by atoms with Gasteiger partial charge in [0.2, 0.25) is 0 Å². The highest BCUT2D eigenvalue weighted by atomic mass is 16.5. The first kappa shape index (κ1) is 13.1. The van der Waals surface area contributed by atoms with Gasteiger partial charge in [-0.05, 0) is 55.6 Å². The Morgan fingerprint density at radius 3 is 3.00 bits per heavy atom. The van der Waals surface area contributed by atoms with Gasteiger partial charge < -0.3 is 10.1 Å². The monoisotopic (exact) mass is 268 g/mol. The van der Waals surface area contributed by atoms with Crippen LogP contribution in [-0.2, 0) is 13.0 Å². The smallest absolute Gasteiger partial charge is 0.130 e. The van der Waals surface area contributed by atoms with Gasteiger partial charge in [0, 0.05) is 12.2 Å². The Bertz CT molecular complexity index is 568. The van der Waals surface area contributed by atoms with Crippen LogP contribution in [0, 0.1) is 0 Å². The third-order valence-corrected chi connectivity index (χ3v) is 3.91. The molecule has 1 heterocycles. The molecule has 0 saturated heterocycles. The van der Waals surface area contributed by atoms with Crippen molar-refractivity contribution in [1.29, 1.82) is 0 Å². The van der Waals surface area contributed by atoms with Crippen LogP contribution in [0.5, 0.6) is 5.75 Å². The van der Waals surface area contributed by atoms with Crippen LogP contribution in [0.15, 0.2) is 42.6 Å². The first-order chi connectivity index (χ1) is 9.88. The minimum absolute atomic E-state index is 0.456. The predicted molar refractivity (Wildman–Crippen MR) is 79.7 cm³/mol. The average molecular weight is 268 g/mol. The zero-order chi connectivity index (χ0) is 13.8. The van der Waals surface area contributed by atoms with E-state index in [1.807, 2.05) is 25.2 Å². The van der Waals surface area contributed by atoms with E-state index < -0.39 is 0 Å². The van der Waals surface area contributed by atoms with Crippen LogP contribution in [0.1, 0.15) is 35.7 Å². The molecule has 0 bridgehead atoms. The minimum atomic E-state index is 0.456. The first-order valence-electron chi connectivity index (χ1n) is 7.20. The van der Waals surface area contributed by atoms with E-state index in [2.05, 4.69) is 28.5 Å². The van der Waals surface area contributed by atoms with Crippen LogP contribution in [0.3, 0.4) is 0 Å². The normalized spacial score (nSPS) is 17.6. The van der Waals surface area contributed by atoms with Crippen molar-refractivity contribution in [2.45, 2.75) is 31.9 Å². The molecule has 3 rings (SSSR count). The van der Waals surface area contributed by atoms with E-state index in [4.69, 9.17) is 4.74 Å². The Kier molecular flexibility index (Phi) is 3.97. The maximum Gasteiger partial charge on any atom is 0.130 e. The molecule has 1 unspecified atom stereocenters. The molecule has 0 radical (unpaired) electrons. The van der Waals surface area contributed by atoms with Gasteiger partial charge in [0.15, 0.2) is 0 Å². The van der Waals surface area contributed by atoms with Crippen molar-refractivity contribution in [3.8, 4) is 5.75 Å². The molecule has 1 atom stereocenters. The number of fused-ring (bicyclic) bond motifs is 1. The molecule has 1 aromatic carbocycles. The fourth-order valence-electron chi connectivity index (χ4n) is 2.89. The van der Waals surface area contributed by atoms with Crippen LogP contribution in [0.25, 0.3) is 0 Å². The largest absolute Gasteiger partial charge is 0.487 e. The molecule has 1 aliphatic carbocycles. The van der Waals surface area contributed by atoms with Gasteiger partial charge in [0.05, 0.1) is 5.69 Å². The summed E-state index contributed by atoms with van der Waals surface area (Å²) in [6.45, 7) is 0.529.